The van der Waals surface area contributed by atoms with Crippen molar-refractivity contribution in [2.24, 2.45) is 5.73 Å². The van der Waals surface area contributed by atoms with Gasteiger partial charge < -0.3 is 15.6 Å². The van der Waals surface area contributed by atoms with Crippen molar-refractivity contribution in [3.05, 3.63) is 0 Å². The highest BCUT2D eigenvalue weighted by atomic mass is 127. The Hall–Kier alpha value is -1.02. The van der Waals surface area contributed by atoms with Gasteiger partial charge >= 0.3 is 18.1 Å². The topological polar surface area (TPSA) is 89.6 Å². The number of hydrogen-bond acceptors (Lipinski definition) is 4. The van der Waals surface area contributed by atoms with E-state index in [9.17, 15) is 18.0 Å². The lowest BCUT2D eigenvalue weighted by atomic mass is 10.4. The Morgan fingerprint density at radius 2 is 1.88 bits per heavy atom. The molecule has 2 atom stereocenters. The summed E-state index contributed by atoms with van der Waals surface area (Å²) in [4.78, 5) is 19.6. The number of alkyl halides is 4. The molecule has 17 heavy (non-hydrogen) atoms. The summed E-state index contributed by atoms with van der Waals surface area (Å²) in [7, 11) is 0. The Labute approximate surface area is 109 Å². The number of carbonyl (C=O) groups excluding carboxylic acids is 1. The molecular weight excluding hydrogens is 358 g/mol. The summed E-state index contributed by atoms with van der Waals surface area (Å²) in [6, 6.07) is -0.606. The van der Waals surface area contributed by atoms with Crippen molar-refractivity contribution in [1.29, 1.82) is 0 Å². The van der Waals surface area contributed by atoms with Crippen LogP contribution in [0.2, 0.25) is 0 Å². The molecule has 0 heterocycles. The minimum absolute atomic E-state index is 0.475. The molecule has 0 aliphatic heterocycles. The van der Waals surface area contributed by atoms with Gasteiger partial charge in [-0.2, -0.15) is 13.2 Å². The van der Waals surface area contributed by atoms with Gasteiger partial charge in [-0.3, -0.25) is 4.79 Å². The highest BCUT2D eigenvalue weighted by Crippen LogP contribution is 2.13. The highest BCUT2D eigenvalue weighted by Gasteiger charge is 2.38. The molecule has 0 aromatic heterocycles. The predicted molar refractivity (Wildman–Crippen MR) is 60.1 cm³/mol. The number of terminal acetylenes is 1. The number of aliphatic carboxylic acids is 1. The molecule has 3 N–H and O–H groups in total. The molecular formula is C8H9F3INO4. The Bertz CT molecular complexity index is 311. The van der Waals surface area contributed by atoms with Crippen LogP contribution >= 0.6 is 22.6 Å². The second-order valence-electron chi connectivity index (χ2n) is 2.51. The van der Waals surface area contributed by atoms with E-state index in [0.29, 0.717) is 0 Å². The van der Waals surface area contributed by atoms with Gasteiger partial charge in [-0.05, 0) is 29.5 Å². The smallest absolute Gasteiger partial charge is 0.475 e. The fraction of sp³-hybridized carbons (Fsp3) is 0.500. The maximum absolute atomic E-state index is 10.7. The van der Waals surface area contributed by atoms with Crippen molar-refractivity contribution in [1.82, 2.24) is 0 Å². The number of nitrogens with two attached hydrogens (primary N) is 1. The van der Waals surface area contributed by atoms with Crippen LogP contribution in [0.25, 0.3) is 0 Å². The number of carboxylic acids is 1. The van der Waals surface area contributed by atoms with Gasteiger partial charge in [-0.25, -0.2) is 4.79 Å². The van der Waals surface area contributed by atoms with Crippen LogP contribution in [0.15, 0.2) is 0 Å². The summed E-state index contributed by atoms with van der Waals surface area (Å²) >= 11 is 1.82. The Morgan fingerprint density at radius 3 is 2.06 bits per heavy atom. The first-order valence-electron chi connectivity index (χ1n) is 3.88. The monoisotopic (exact) mass is 367 g/mol. The largest absolute Gasteiger partial charge is 0.490 e. The third-order valence-electron chi connectivity index (χ3n) is 0.965. The van der Waals surface area contributed by atoms with E-state index in [2.05, 4.69) is 10.7 Å². The number of ether oxygens (including phenoxy) is 1. The first kappa shape index (κ1) is 18.3. The first-order valence-corrected chi connectivity index (χ1v) is 5.13. The van der Waals surface area contributed by atoms with Crippen LogP contribution in [0.4, 0.5) is 13.2 Å². The molecule has 0 aliphatic rings. The predicted octanol–water partition coefficient (Wildman–Crippen LogP) is 0.904. The fourth-order valence-corrected chi connectivity index (χ4v) is 0.494. The third-order valence-corrected chi connectivity index (χ3v) is 1.58. The molecule has 0 fully saturated rings. The molecule has 0 amide bonds. The summed E-state index contributed by atoms with van der Waals surface area (Å²) in [5, 5.41) is 7.12. The lowest BCUT2D eigenvalue weighted by molar-refractivity contribution is -0.192. The molecule has 0 aromatic carbocycles. The summed E-state index contributed by atoms with van der Waals surface area (Å²) in [6.07, 6.45) is -0.138. The molecule has 0 spiro atoms. The molecule has 5 nitrogen and oxygen atoms in total. The van der Waals surface area contributed by atoms with Gasteiger partial charge in [0, 0.05) is 0 Å². The SMILES string of the molecule is C#CC(I)OC(=O)[C@H](C)N.O=C(O)C(F)(F)F. The van der Waals surface area contributed by atoms with E-state index >= 15 is 0 Å². The van der Waals surface area contributed by atoms with E-state index in [1.165, 1.54) is 0 Å². The highest BCUT2D eigenvalue weighted by molar-refractivity contribution is 14.1. The van der Waals surface area contributed by atoms with Crippen LogP contribution in [0.3, 0.4) is 0 Å². The van der Waals surface area contributed by atoms with E-state index < -0.39 is 28.3 Å². The second-order valence-corrected chi connectivity index (χ2v) is 3.64. The van der Waals surface area contributed by atoms with Crippen molar-refractivity contribution in [3.8, 4) is 12.3 Å². The zero-order chi connectivity index (χ0) is 14.2. The van der Waals surface area contributed by atoms with Crippen LogP contribution < -0.4 is 5.73 Å². The molecule has 0 saturated heterocycles. The lowest BCUT2D eigenvalue weighted by Crippen LogP contribution is -2.30. The van der Waals surface area contributed by atoms with Crippen molar-refractivity contribution in [3.63, 3.8) is 0 Å². The average Bonchev–Trinajstić information content (AvgIpc) is 2.16. The zero-order valence-corrected chi connectivity index (χ0v) is 10.7. The summed E-state index contributed by atoms with van der Waals surface area (Å²) < 4.78 is 35.9. The molecule has 0 aromatic rings. The molecule has 0 rings (SSSR count). The van der Waals surface area contributed by atoms with Crippen LogP contribution in [-0.2, 0) is 14.3 Å². The minimum atomic E-state index is -5.08. The Kier molecular flexibility index (Phi) is 8.77. The molecule has 0 bridgehead atoms. The van der Waals surface area contributed by atoms with Crippen molar-refractivity contribution >= 4 is 34.5 Å². The van der Waals surface area contributed by atoms with Gasteiger partial charge in [0.05, 0.1) is 0 Å². The third kappa shape index (κ3) is 11.2. The van der Waals surface area contributed by atoms with Gasteiger partial charge in [0.1, 0.15) is 6.04 Å². The van der Waals surface area contributed by atoms with Crippen molar-refractivity contribution in [2.75, 3.05) is 0 Å². The van der Waals surface area contributed by atoms with Crippen LogP contribution in [0.5, 0.6) is 0 Å². The second kappa shape index (κ2) is 8.13. The number of halogens is 4. The van der Waals surface area contributed by atoms with Gasteiger partial charge in [-0.1, -0.05) is 5.92 Å². The normalized spacial score (nSPS) is 13.5. The number of rotatable bonds is 2. The maximum Gasteiger partial charge on any atom is 0.490 e. The summed E-state index contributed by atoms with van der Waals surface area (Å²) in [5.74, 6) is -0.993. The van der Waals surface area contributed by atoms with E-state index in [4.69, 9.17) is 22.1 Å². The number of esters is 1. The van der Waals surface area contributed by atoms with Gasteiger partial charge in [0.25, 0.3) is 0 Å². The zero-order valence-electron chi connectivity index (χ0n) is 8.49. The summed E-state index contributed by atoms with van der Waals surface area (Å²) in [6.45, 7) is 1.54. The van der Waals surface area contributed by atoms with Crippen molar-refractivity contribution in [2.45, 2.75) is 23.3 Å². The van der Waals surface area contributed by atoms with E-state index in [0.717, 1.165) is 0 Å². The quantitative estimate of drug-likeness (QED) is 0.328. The van der Waals surface area contributed by atoms with Crippen molar-refractivity contribution < 1.29 is 32.6 Å². The first-order chi connectivity index (χ1) is 7.52. The number of carboxylic acid groups (broad SMARTS) is 1. The van der Waals surface area contributed by atoms with E-state index in [1.54, 1.807) is 6.92 Å². The molecule has 98 valence electrons. The van der Waals surface area contributed by atoms with Gasteiger partial charge in [0.15, 0.2) is 0 Å². The fourth-order valence-electron chi connectivity index (χ4n) is 0.243. The standard InChI is InChI=1S/C6H8INO2.C2HF3O2/c1-3-5(7)10-6(9)4(2)8;3-2(4,5)1(6)7/h1,4-5H,8H2,2H3;(H,6,7)/t4-,5?;/m0./s1. The maximum atomic E-state index is 10.7. The average molecular weight is 367 g/mol. The Balaban J connectivity index is 0. The molecule has 1 unspecified atom stereocenters. The molecule has 9 heteroatoms. The van der Waals surface area contributed by atoms with E-state index in [-0.39, 0.29) is 0 Å². The summed E-state index contributed by atoms with van der Waals surface area (Å²) in [5.41, 5.74) is 5.19. The van der Waals surface area contributed by atoms with E-state index in [1.807, 2.05) is 22.6 Å². The molecule has 0 saturated carbocycles. The molecule has 0 radical (unpaired) electrons. The van der Waals surface area contributed by atoms with Gasteiger partial charge in [0.2, 0.25) is 4.11 Å². The number of carbonyl (C=O) groups is 2. The number of hydrogen-bond donors (Lipinski definition) is 2. The minimum Gasteiger partial charge on any atom is -0.475 e. The van der Waals surface area contributed by atoms with Crippen LogP contribution in [0.1, 0.15) is 6.92 Å². The van der Waals surface area contributed by atoms with Gasteiger partial charge in [-0.15, -0.1) is 6.42 Å². The van der Waals surface area contributed by atoms with Crippen LogP contribution in [-0.4, -0.2) is 33.4 Å². The van der Waals surface area contributed by atoms with Crippen LogP contribution in [0, 0.1) is 12.3 Å². The Morgan fingerprint density at radius 1 is 1.53 bits per heavy atom. The molecule has 0 aliphatic carbocycles. The lowest BCUT2D eigenvalue weighted by Gasteiger charge is -2.07.